The van der Waals surface area contributed by atoms with Gasteiger partial charge in [0.05, 0.1) is 5.75 Å². The molecule has 0 bridgehead atoms. The minimum absolute atomic E-state index is 0.0234. The average molecular weight is 367 g/mol. The Labute approximate surface area is 156 Å². The van der Waals surface area contributed by atoms with Crippen LogP contribution in [0, 0.1) is 12.7 Å². The van der Waals surface area contributed by atoms with Gasteiger partial charge < -0.3 is 4.90 Å². The predicted octanol–water partition coefficient (Wildman–Crippen LogP) is 4.35. The number of carbonyl (C=O) groups is 1. The monoisotopic (exact) mass is 367 g/mol. The molecule has 1 heterocycles. The zero-order valence-corrected chi connectivity index (χ0v) is 15.3. The maximum Gasteiger partial charge on any atom is 0.237 e. The van der Waals surface area contributed by atoms with Gasteiger partial charge in [-0.05, 0) is 37.3 Å². The molecule has 3 rings (SSSR count). The second-order valence-corrected chi connectivity index (χ2v) is 6.75. The van der Waals surface area contributed by atoms with Crippen molar-refractivity contribution in [2.75, 3.05) is 17.7 Å². The first-order valence-electron chi connectivity index (χ1n) is 8.09. The molecule has 26 heavy (non-hydrogen) atoms. The van der Waals surface area contributed by atoms with E-state index in [0.717, 1.165) is 11.4 Å². The molecule has 2 aromatic carbocycles. The van der Waals surface area contributed by atoms with E-state index in [0.29, 0.717) is 16.4 Å². The van der Waals surface area contributed by atoms with Crippen LogP contribution < -0.4 is 4.90 Å². The molecule has 4 nitrogen and oxygen atoms in total. The SMILES string of the molecule is Cc1cc(SCC(=O)N(C)c2ccccc2)nc(-c2cccc(F)c2)n1. The molecular weight excluding hydrogens is 349 g/mol. The van der Waals surface area contributed by atoms with E-state index in [-0.39, 0.29) is 17.5 Å². The first-order valence-corrected chi connectivity index (χ1v) is 9.07. The highest BCUT2D eigenvalue weighted by Gasteiger charge is 2.13. The fourth-order valence-corrected chi connectivity index (χ4v) is 3.27. The highest BCUT2D eigenvalue weighted by Crippen LogP contribution is 2.23. The Hall–Kier alpha value is -2.73. The van der Waals surface area contributed by atoms with E-state index < -0.39 is 0 Å². The minimum atomic E-state index is -0.332. The number of anilines is 1. The first-order chi connectivity index (χ1) is 12.5. The number of halogens is 1. The highest BCUT2D eigenvalue weighted by molar-refractivity contribution is 7.99. The molecule has 0 N–H and O–H groups in total. The van der Waals surface area contributed by atoms with Crippen molar-refractivity contribution < 1.29 is 9.18 Å². The summed E-state index contributed by atoms with van der Waals surface area (Å²) in [6, 6.07) is 17.5. The Morgan fingerprint density at radius 1 is 1.08 bits per heavy atom. The van der Waals surface area contributed by atoms with Crippen LogP contribution in [-0.4, -0.2) is 28.7 Å². The van der Waals surface area contributed by atoms with E-state index in [1.165, 1.54) is 23.9 Å². The number of aromatic nitrogens is 2. The lowest BCUT2D eigenvalue weighted by atomic mass is 10.2. The van der Waals surface area contributed by atoms with E-state index in [9.17, 15) is 9.18 Å². The molecule has 0 aliphatic carbocycles. The van der Waals surface area contributed by atoms with Crippen LogP contribution >= 0.6 is 11.8 Å². The van der Waals surface area contributed by atoms with Crippen molar-refractivity contribution in [2.24, 2.45) is 0 Å². The van der Waals surface area contributed by atoms with E-state index >= 15 is 0 Å². The smallest absolute Gasteiger partial charge is 0.237 e. The van der Waals surface area contributed by atoms with Crippen LogP contribution in [0.5, 0.6) is 0 Å². The van der Waals surface area contributed by atoms with Gasteiger partial charge in [-0.3, -0.25) is 4.79 Å². The minimum Gasteiger partial charge on any atom is -0.315 e. The summed E-state index contributed by atoms with van der Waals surface area (Å²) in [5.74, 6) is 0.354. The summed E-state index contributed by atoms with van der Waals surface area (Å²) < 4.78 is 13.4. The van der Waals surface area contributed by atoms with Gasteiger partial charge in [0.1, 0.15) is 10.8 Å². The Bertz CT molecular complexity index is 918. The lowest BCUT2D eigenvalue weighted by Crippen LogP contribution is -2.27. The van der Waals surface area contributed by atoms with Crippen LogP contribution in [0.4, 0.5) is 10.1 Å². The Morgan fingerprint density at radius 3 is 2.58 bits per heavy atom. The number of nitrogens with zero attached hydrogens (tertiary/aromatic N) is 3. The van der Waals surface area contributed by atoms with E-state index in [1.807, 2.05) is 43.3 Å². The van der Waals surface area contributed by atoms with Gasteiger partial charge in [0.15, 0.2) is 5.82 Å². The maximum absolute atomic E-state index is 13.4. The van der Waals surface area contributed by atoms with Crippen LogP contribution in [0.3, 0.4) is 0 Å². The Kier molecular flexibility index (Phi) is 5.63. The molecular formula is C20H18FN3OS. The average Bonchev–Trinajstić information content (AvgIpc) is 2.66. The number of benzene rings is 2. The summed E-state index contributed by atoms with van der Waals surface area (Å²) in [6.07, 6.45) is 0. The van der Waals surface area contributed by atoms with Gasteiger partial charge in [0.2, 0.25) is 5.91 Å². The van der Waals surface area contributed by atoms with Gasteiger partial charge in [-0.25, -0.2) is 14.4 Å². The molecule has 6 heteroatoms. The van der Waals surface area contributed by atoms with Crippen molar-refractivity contribution in [3.05, 3.63) is 72.2 Å². The number of thioether (sulfide) groups is 1. The van der Waals surface area contributed by atoms with Crippen molar-refractivity contribution in [3.63, 3.8) is 0 Å². The summed E-state index contributed by atoms with van der Waals surface area (Å²) in [7, 11) is 1.75. The molecule has 0 aliphatic heterocycles. The van der Waals surface area contributed by atoms with Crippen molar-refractivity contribution in [3.8, 4) is 11.4 Å². The van der Waals surface area contributed by atoms with Crippen molar-refractivity contribution in [1.29, 1.82) is 0 Å². The van der Waals surface area contributed by atoms with E-state index in [2.05, 4.69) is 9.97 Å². The normalized spacial score (nSPS) is 10.6. The zero-order chi connectivity index (χ0) is 18.5. The van der Waals surface area contributed by atoms with Crippen LogP contribution in [0.2, 0.25) is 0 Å². The molecule has 0 saturated heterocycles. The summed E-state index contributed by atoms with van der Waals surface area (Å²) in [4.78, 5) is 22.9. The van der Waals surface area contributed by atoms with Gasteiger partial charge in [0, 0.05) is 24.0 Å². The third-order valence-corrected chi connectivity index (χ3v) is 4.67. The second-order valence-electron chi connectivity index (χ2n) is 5.76. The van der Waals surface area contributed by atoms with Crippen LogP contribution in [0.1, 0.15) is 5.69 Å². The van der Waals surface area contributed by atoms with E-state index in [4.69, 9.17) is 0 Å². The molecule has 0 radical (unpaired) electrons. The number of hydrogen-bond donors (Lipinski definition) is 0. The number of hydrogen-bond acceptors (Lipinski definition) is 4. The number of para-hydroxylation sites is 1. The van der Waals surface area contributed by atoms with Crippen LogP contribution in [-0.2, 0) is 4.79 Å². The summed E-state index contributed by atoms with van der Waals surface area (Å²) in [5.41, 5.74) is 2.23. The standard InChI is InChI=1S/C20H18FN3OS/c1-14-11-18(23-20(22-14)15-7-6-8-16(21)12-15)26-13-19(25)24(2)17-9-4-3-5-10-17/h3-12H,13H2,1-2H3. The summed E-state index contributed by atoms with van der Waals surface area (Å²) >= 11 is 1.34. The molecule has 0 saturated carbocycles. The van der Waals surface area contributed by atoms with Gasteiger partial charge in [0.25, 0.3) is 0 Å². The quantitative estimate of drug-likeness (QED) is 0.497. The second kappa shape index (κ2) is 8.10. The third-order valence-electron chi connectivity index (χ3n) is 3.77. The van der Waals surface area contributed by atoms with Gasteiger partial charge in [-0.15, -0.1) is 0 Å². The van der Waals surface area contributed by atoms with Gasteiger partial charge in [-0.2, -0.15) is 0 Å². The maximum atomic E-state index is 13.4. The van der Waals surface area contributed by atoms with Gasteiger partial charge in [-0.1, -0.05) is 42.1 Å². The Morgan fingerprint density at radius 2 is 1.85 bits per heavy atom. The van der Waals surface area contributed by atoms with Crippen molar-refractivity contribution in [2.45, 2.75) is 11.9 Å². The first kappa shape index (κ1) is 18.1. The number of rotatable bonds is 5. The lowest BCUT2D eigenvalue weighted by molar-refractivity contribution is -0.115. The Balaban J connectivity index is 1.73. The topological polar surface area (TPSA) is 46.1 Å². The van der Waals surface area contributed by atoms with Gasteiger partial charge >= 0.3 is 0 Å². The van der Waals surface area contributed by atoms with E-state index in [1.54, 1.807) is 24.1 Å². The molecule has 3 aromatic rings. The largest absolute Gasteiger partial charge is 0.315 e. The molecule has 1 aromatic heterocycles. The molecule has 0 fully saturated rings. The lowest BCUT2D eigenvalue weighted by Gasteiger charge is -2.16. The molecule has 0 aliphatic rings. The fourth-order valence-electron chi connectivity index (χ4n) is 2.40. The van der Waals surface area contributed by atoms with Crippen LogP contribution in [0.25, 0.3) is 11.4 Å². The fraction of sp³-hybridized carbons (Fsp3) is 0.150. The highest BCUT2D eigenvalue weighted by atomic mass is 32.2. The molecule has 0 spiro atoms. The number of amides is 1. The molecule has 0 atom stereocenters. The third kappa shape index (κ3) is 4.46. The zero-order valence-electron chi connectivity index (χ0n) is 14.5. The molecule has 0 unspecified atom stereocenters. The molecule has 1 amide bonds. The number of aryl methyl sites for hydroxylation is 1. The van der Waals surface area contributed by atoms with Crippen LogP contribution in [0.15, 0.2) is 65.7 Å². The summed E-state index contributed by atoms with van der Waals surface area (Å²) in [6.45, 7) is 1.85. The summed E-state index contributed by atoms with van der Waals surface area (Å²) in [5, 5.41) is 0.687. The number of carbonyl (C=O) groups excluding carboxylic acids is 1. The molecule has 132 valence electrons. The van der Waals surface area contributed by atoms with Crippen molar-refractivity contribution in [1.82, 2.24) is 9.97 Å². The predicted molar refractivity (Wildman–Crippen MR) is 103 cm³/mol. The van der Waals surface area contributed by atoms with Crippen molar-refractivity contribution >= 4 is 23.4 Å².